The second kappa shape index (κ2) is 15.8. The van der Waals surface area contributed by atoms with E-state index in [4.69, 9.17) is 14.2 Å². The lowest BCUT2D eigenvalue weighted by molar-refractivity contribution is -0.148. The molecule has 0 radical (unpaired) electrons. The molecule has 1 aliphatic rings. The fraction of sp³-hybridized carbons (Fsp3) is 0.913. The van der Waals surface area contributed by atoms with Gasteiger partial charge in [0.15, 0.2) is 0 Å². The van der Waals surface area contributed by atoms with Crippen LogP contribution in [0, 0.1) is 11.8 Å². The number of aliphatic hydroxyl groups is 1. The van der Waals surface area contributed by atoms with Crippen LogP contribution in [0.5, 0.6) is 0 Å². The molecule has 0 bridgehead atoms. The van der Waals surface area contributed by atoms with Crippen LogP contribution in [0.2, 0.25) is 0 Å². The molecule has 0 aromatic carbocycles. The topological polar surface area (TPSA) is 82.1 Å². The Bertz CT molecular complexity index is 453. The SMILES string of the molecule is CCCCC(O)CCC[C@H]1[C@H](OCC)CC(=O)[C@@H]1CCCCOCC(=O)OCC. The minimum Gasteiger partial charge on any atom is -0.464 e. The van der Waals surface area contributed by atoms with Crippen LogP contribution in [-0.2, 0) is 23.8 Å². The lowest BCUT2D eigenvalue weighted by Crippen LogP contribution is -2.24. The van der Waals surface area contributed by atoms with Gasteiger partial charge in [-0.15, -0.1) is 0 Å². The Hall–Kier alpha value is -0.980. The van der Waals surface area contributed by atoms with Crippen molar-refractivity contribution in [3.63, 3.8) is 0 Å². The highest BCUT2D eigenvalue weighted by atomic mass is 16.6. The largest absolute Gasteiger partial charge is 0.464 e. The Morgan fingerprint density at radius 3 is 2.52 bits per heavy atom. The van der Waals surface area contributed by atoms with Gasteiger partial charge in [0.05, 0.1) is 18.8 Å². The number of unbranched alkanes of at least 4 members (excludes halogenated alkanes) is 2. The van der Waals surface area contributed by atoms with E-state index < -0.39 is 0 Å². The zero-order valence-corrected chi connectivity index (χ0v) is 18.7. The van der Waals surface area contributed by atoms with Crippen molar-refractivity contribution < 1.29 is 28.9 Å². The average molecular weight is 415 g/mol. The second-order valence-electron chi connectivity index (χ2n) is 8.01. The van der Waals surface area contributed by atoms with Gasteiger partial charge in [-0.1, -0.05) is 32.6 Å². The van der Waals surface area contributed by atoms with Gasteiger partial charge in [-0.05, 0) is 51.9 Å². The molecule has 0 aliphatic heterocycles. The lowest BCUT2D eigenvalue weighted by Gasteiger charge is -2.24. The number of esters is 1. The molecule has 1 N–H and O–H groups in total. The number of rotatable bonds is 17. The van der Waals surface area contributed by atoms with Crippen molar-refractivity contribution in [2.45, 2.75) is 97.2 Å². The van der Waals surface area contributed by atoms with E-state index in [-0.39, 0.29) is 36.6 Å². The quantitative estimate of drug-likeness (QED) is 0.285. The number of ether oxygens (including phenoxy) is 3. The van der Waals surface area contributed by atoms with Gasteiger partial charge in [-0.25, -0.2) is 4.79 Å². The summed E-state index contributed by atoms with van der Waals surface area (Å²) in [6.45, 7) is 7.37. The monoisotopic (exact) mass is 414 g/mol. The number of ketones is 1. The summed E-state index contributed by atoms with van der Waals surface area (Å²) in [6.07, 6.45) is 8.57. The molecule has 6 nitrogen and oxygen atoms in total. The summed E-state index contributed by atoms with van der Waals surface area (Å²) in [7, 11) is 0. The summed E-state index contributed by atoms with van der Waals surface area (Å²) in [6, 6.07) is 0. The third-order valence-electron chi connectivity index (χ3n) is 5.74. The minimum atomic E-state index is -0.334. The molecule has 0 heterocycles. The van der Waals surface area contributed by atoms with Crippen molar-refractivity contribution in [3.8, 4) is 0 Å². The van der Waals surface area contributed by atoms with Crippen molar-refractivity contribution >= 4 is 11.8 Å². The lowest BCUT2D eigenvalue weighted by atomic mass is 9.85. The summed E-state index contributed by atoms with van der Waals surface area (Å²) < 4.78 is 16.0. The highest BCUT2D eigenvalue weighted by molar-refractivity contribution is 5.84. The second-order valence-corrected chi connectivity index (χ2v) is 8.01. The molecule has 0 aromatic heterocycles. The first-order chi connectivity index (χ1) is 14.0. The van der Waals surface area contributed by atoms with Gasteiger partial charge in [-0.2, -0.15) is 0 Å². The van der Waals surface area contributed by atoms with E-state index in [2.05, 4.69) is 6.92 Å². The van der Waals surface area contributed by atoms with Crippen LogP contribution in [0.4, 0.5) is 0 Å². The first kappa shape index (κ1) is 26.1. The van der Waals surface area contributed by atoms with Gasteiger partial charge in [-0.3, -0.25) is 4.79 Å². The molecule has 1 aliphatic carbocycles. The first-order valence-corrected chi connectivity index (χ1v) is 11.6. The van der Waals surface area contributed by atoms with Crippen molar-refractivity contribution in [2.75, 3.05) is 26.4 Å². The van der Waals surface area contributed by atoms with Crippen molar-refractivity contribution in [1.29, 1.82) is 0 Å². The first-order valence-electron chi connectivity index (χ1n) is 11.6. The molecule has 4 atom stereocenters. The maximum absolute atomic E-state index is 12.6. The Labute approximate surface area is 176 Å². The Balaban J connectivity index is 2.38. The van der Waals surface area contributed by atoms with Crippen molar-refractivity contribution in [3.05, 3.63) is 0 Å². The minimum absolute atomic E-state index is 0.00834. The molecule has 6 heteroatoms. The number of hydrogen-bond acceptors (Lipinski definition) is 6. The van der Waals surface area contributed by atoms with Gasteiger partial charge >= 0.3 is 5.97 Å². The normalized spacial score (nSPS) is 22.8. The zero-order chi connectivity index (χ0) is 21.5. The van der Waals surface area contributed by atoms with Crippen molar-refractivity contribution in [1.82, 2.24) is 0 Å². The molecule has 1 saturated carbocycles. The van der Waals surface area contributed by atoms with E-state index >= 15 is 0 Å². The number of Topliss-reactive ketones (excluding diaryl/α,β-unsaturated/α-hetero) is 1. The van der Waals surface area contributed by atoms with E-state index in [0.29, 0.717) is 32.0 Å². The third kappa shape index (κ3) is 10.6. The Kier molecular flexibility index (Phi) is 14.2. The van der Waals surface area contributed by atoms with Crippen LogP contribution >= 0.6 is 0 Å². The summed E-state index contributed by atoms with van der Waals surface area (Å²) in [4.78, 5) is 23.8. The van der Waals surface area contributed by atoms with Crippen LogP contribution in [0.3, 0.4) is 0 Å². The van der Waals surface area contributed by atoms with E-state index in [1.807, 2.05) is 6.92 Å². The molecule has 0 amide bonds. The maximum Gasteiger partial charge on any atom is 0.332 e. The average Bonchev–Trinajstić information content (AvgIpc) is 2.98. The summed E-state index contributed by atoms with van der Waals surface area (Å²) in [5, 5.41) is 10.1. The predicted octanol–water partition coefficient (Wildman–Crippen LogP) is 4.07. The number of carbonyl (C=O) groups excluding carboxylic acids is 2. The number of aliphatic hydroxyl groups excluding tert-OH is 1. The van der Waals surface area contributed by atoms with Crippen LogP contribution in [-0.4, -0.2) is 55.5 Å². The van der Waals surface area contributed by atoms with Crippen LogP contribution in [0.15, 0.2) is 0 Å². The Morgan fingerprint density at radius 2 is 1.83 bits per heavy atom. The van der Waals surface area contributed by atoms with E-state index in [1.165, 1.54) is 0 Å². The van der Waals surface area contributed by atoms with E-state index in [9.17, 15) is 14.7 Å². The van der Waals surface area contributed by atoms with Gasteiger partial charge in [0.1, 0.15) is 12.4 Å². The third-order valence-corrected chi connectivity index (χ3v) is 5.74. The molecular weight excluding hydrogens is 372 g/mol. The molecule has 0 aromatic rings. The number of carbonyl (C=O) groups is 2. The van der Waals surface area contributed by atoms with Crippen molar-refractivity contribution in [2.24, 2.45) is 11.8 Å². The van der Waals surface area contributed by atoms with Gasteiger partial charge in [0.25, 0.3) is 0 Å². The summed E-state index contributed by atoms with van der Waals surface area (Å²) >= 11 is 0. The zero-order valence-electron chi connectivity index (χ0n) is 18.7. The molecule has 1 unspecified atom stereocenters. The molecule has 0 saturated heterocycles. The number of hydrogen-bond donors (Lipinski definition) is 1. The smallest absolute Gasteiger partial charge is 0.332 e. The molecule has 29 heavy (non-hydrogen) atoms. The molecule has 1 fully saturated rings. The van der Waals surface area contributed by atoms with Gasteiger partial charge < -0.3 is 19.3 Å². The molecule has 170 valence electrons. The van der Waals surface area contributed by atoms with E-state index in [1.54, 1.807) is 6.92 Å². The highest BCUT2D eigenvalue weighted by Crippen LogP contribution is 2.38. The fourth-order valence-electron chi connectivity index (χ4n) is 4.26. The van der Waals surface area contributed by atoms with E-state index in [0.717, 1.165) is 57.8 Å². The molecule has 1 rings (SSSR count). The summed E-state index contributed by atoms with van der Waals surface area (Å²) in [5.74, 6) is 0.275. The maximum atomic E-state index is 12.6. The van der Waals surface area contributed by atoms with Crippen LogP contribution in [0.1, 0.15) is 85.0 Å². The van der Waals surface area contributed by atoms with Gasteiger partial charge in [0, 0.05) is 25.6 Å². The molecular formula is C23H42O6. The fourth-order valence-corrected chi connectivity index (χ4v) is 4.26. The summed E-state index contributed by atoms with van der Waals surface area (Å²) in [5.41, 5.74) is 0. The highest BCUT2D eigenvalue weighted by Gasteiger charge is 2.41. The van der Waals surface area contributed by atoms with Gasteiger partial charge in [0.2, 0.25) is 0 Å². The molecule has 0 spiro atoms. The standard InChI is InChI=1S/C23H42O6/c1-4-7-11-18(24)12-10-14-20-19(21(25)16-22(20)28-5-2)13-8-9-15-27-17-23(26)29-6-3/h18-20,22,24H,4-17H2,1-3H3/t18?,19-,20-,22-/m1/s1. The Morgan fingerprint density at radius 1 is 1.07 bits per heavy atom. The van der Waals surface area contributed by atoms with Crippen LogP contribution in [0.25, 0.3) is 0 Å². The van der Waals surface area contributed by atoms with Crippen LogP contribution < -0.4 is 0 Å². The predicted molar refractivity (Wildman–Crippen MR) is 113 cm³/mol.